The monoisotopic (exact) mass is 631 g/mol. The minimum absolute atomic E-state index is 0.347. The highest BCUT2D eigenvalue weighted by molar-refractivity contribution is 6.12. The van der Waals surface area contributed by atoms with Crippen LogP contribution in [0.5, 0.6) is 0 Å². The highest BCUT2D eigenvalue weighted by Crippen LogP contribution is 2.41. The van der Waals surface area contributed by atoms with E-state index in [9.17, 15) is 0 Å². The van der Waals surface area contributed by atoms with Gasteiger partial charge in [-0.3, -0.25) is 9.98 Å². The van der Waals surface area contributed by atoms with Crippen molar-refractivity contribution in [3.8, 4) is 22.3 Å². The van der Waals surface area contributed by atoms with Crippen LogP contribution in [0.25, 0.3) is 44.2 Å². The average molecular weight is 632 g/mol. The van der Waals surface area contributed by atoms with Crippen LogP contribution in [0.1, 0.15) is 22.9 Å². The summed E-state index contributed by atoms with van der Waals surface area (Å²) in [5.74, 6) is 0. The molecule has 1 unspecified atom stereocenters. The lowest BCUT2D eigenvalue weighted by Gasteiger charge is -2.14. The topological polar surface area (TPSA) is 49.9 Å². The van der Waals surface area contributed by atoms with Gasteiger partial charge in [0.1, 0.15) is 5.58 Å². The predicted octanol–water partition coefficient (Wildman–Crippen LogP) is 11.9. The molecule has 1 N–H and O–H groups in total. The number of benzene rings is 7. The van der Waals surface area contributed by atoms with Gasteiger partial charge in [0.15, 0.2) is 11.7 Å². The minimum Gasteiger partial charge on any atom is -0.454 e. The molecular formula is C45H33N3O. The van der Waals surface area contributed by atoms with Crippen molar-refractivity contribution in [1.29, 1.82) is 0 Å². The number of hydrogen-bond acceptors (Lipinski definition) is 4. The van der Waals surface area contributed by atoms with Crippen LogP contribution in [0, 0.1) is 0 Å². The highest BCUT2D eigenvalue weighted by Gasteiger charge is 2.16. The minimum atomic E-state index is -0.347. The molecule has 0 bridgehead atoms. The SMILES string of the molecule is C(=N\C(/N=C/c1ccc(Nc2c(-c3ccc(-c4ccccc4)cc3)ccc3c2oc2ccccc23)cc1)c1ccccc1)/c1ccccc1. The molecular weight excluding hydrogens is 599 g/mol. The van der Waals surface area contributed by atoms with E-state index >= 15 is 0 Å². The third-order valence-electron chi connectivity index (χ3n) is 8.66. The summed E-state index contributed by atoms with van der Waals surface area (Å²) in [6.45, 7) is 0. The Kier molecular flexibility index (Phi) is 8.34. The molecule has 8 aromatic rings. The summed E-state index contributed by atoms with van der Waals surface area (Å²) >= 11 is 0. The van der Waals surface area contributed by atoms with Crippen molar-refractivity contribution in [2.45, 2.75) is 6.17 Å². The number of hydrogen-bond donors (Lipinski definition) is 1. The Labute approximate surface area is 285 Å². The van der Waals surface area contributed by atoms with E-state index in [0.717, 1.165) is 61.1 Å². The summed E-state index contributed by atoms with van der Waals surface area (Å²) in [5.41, 5.74) is 11.2. The van der Waals surface area contributed by atoms with E-state index < -0.39 is 0 Å². The zero-order valence-electron chi connectivity index (χ0n) is 26.8. The molecule has 0 aliphatic carbocycles. The average Bonchev–Trinajstić information content (AvgIpc) is 3.56. The highest BCUT2D eigenvalue weighted by atomic mass is 16.3. The van der Waals surface area contributed by atoms with Crippen molar-refractivity contribution in [3.63, 3.8) is 0 Å². The van der Waals surface area contributed by atoms with Crippen LogP contribution in [0.2, 0.25) is 0 Å². The second kappa shape index (κ2) is 13.7. The van der Waals surface area contributed by atoms with E-state index in [2.05, 4.69) is 115 Å². The Balaban J connectivity index is 1.11. The number of aliphatic imine (C=N–C) groups is 2. The fraction of sp³-hybridized carbons (Fsp3) is 0.0222. The molecule has 0 amide bonds. The lowest BCUT2D eigenvalue weighted by atomic mass is 9.97. The first-order valence-electron chi connectivity index (χ1n) is 16.4. The molecule has 4 nitrogen and oxygen atoms in total. The molecule has 4 heteroatoms. The van der Waals surface area contributed by atoms with Gasteiger partial charge in [0, 0.05) is 34.5 Å². The van der Waals surface area contributed by atoms with Gasteiger partial charge < -0.3 is 9.73 Å². The van der Waals surface area contributed by atoms with Gasteiger partial charge in [0.05, 0.1) is 5.69 Å². The Morgan fingerprint density at radius 1 is 0.469 bits per heavy atom. The van der Waals surface area contributed by atoms with Crippen molar-refractivity contribution in [1.82, 2.24) is 0 Å². The molecule has 0 saturated heterocycles. The van der Waals surface area contributed by atoms with Crippen molar-refractivity contribution in [2.75, 3.05) is 5.32 Å². The zero-order chi connectivity index (χ0) is 32.8. The molecule has 0 radical (unpaired) electrons. The lowest BCUT2D eigenvalue weighted by molar-refractivity contribution is 0.670. The van der Waals surface area contributed by atoms with Gasteiger partial charge in [-0.2, -0.15) is 0 Å². The van der Waals surface area contributed by atoms with Gasteiger partial charge in [-0.15, -0.1) is 0 Å². The molecule has 1 aromatic heterocycles. The van der Waals surface area contributed by atoms with Gasteiger partial charge in [-0.05, 0) is 57.6 Å². The van der Waals surface area contributed by atoms with Crippen LogP contribution in [0.15, 0.2) is 190 Å². The van der Waals surface area contributed by atoms with E-state index in [1.54, 1.807) is 0 Å². The van der Waals surface area contributed by atoms with Gasteiger partial charge in [0.25, 0.3) is 0 Å². The molecule has 0 saturated carbocycles. The number of fused-ring (bicyclic) bond motifs is 3. The van der Waals surface area contributed by atoms with Crippen LogP contribution >= 0.6 is 0 Å². The van der Waals surface area contributed by atoms with Gasteiger partial charge in [0.2, 0.25) is 0 Å². The maximum atomic E-state index is 6.50. The Morgan fingerprint density at radius 2 is 1.04 bits per heavy atom. The summed E-state index contributed by atoms with van der Waals surface area (Å²) in [6, 6.07) is 60.3. The second-order valence-electron chi connectivity index (χ2n) is 11.9. The molecule has 1 heterocycles. The summed E-state index contributed by atoms with van der Waals surface area (Å²) in [6.07, 6.45) is 3.43. The predicted molar refractivity (Wildman–Crippen MR) is 205 cm³/mol. The van der Waals surface area contributed by atoms with Crippen molar-refractivity contribution in [3.05, 3.63) is 193 Å². The number of furan rings is 1. The summed E-state index contributed by atoms with van der Waals surface area (Å²) in [4.78, 5) is 9.70. The molecule has 234 valence electrons. The number of rotatable bonds is 9. The molecule has 49 heavy (non-hydrogen) atoms. The molecule has 0 aliphatic heterocycles. The van der Waals surface area contributed by atoms with Crippen LogP contribution in [0.3, 0.4) is 0 Å². The van der Waals surface area contributed by atoms with Crippen LogP contribution in [-0.4, -0.2) is 12.4 Å². The van der Waals surface area contributed by atoms with Crippen LogP contribution in [-0.2, 0) is 0 Å². The maximum absolute atomic E-state index is 6.50. The van der Waals surface area contributed by atoms with E-state index in [1.807, 2.05) is 79.2 Å². The molecule has 1 atom stereocenters. The van der Waals surface area contributed by atoms with Crippen molar-refractivity contribution < 1.29 is 4.42 Å². The van der Waals surface area contributed by atoms with Gasteiger partial charge in [-0.25, -0.2) is 0 Å². The van der Waals surface area contributed by atoms with E-state index in [1.165, 1.54) is 11.1 Å². The number of nitrogens with one attached hydrogen (secondary N) is 1. The second-order valence-corrected chi connectivity index (χ2v) is 11.9. The van der Waals surface area contributed by atoms with E-state index in [4.69, 9.17) is 14.4 Å². The third kappa shape index (κ3) is 6.53. The number of para-hydroxylation sites is 1. The Hall–Kier alpha value is -6.52. The quantitative estimate of drug-likeness (QED) is 0.161. The summed E-state index contributed by atoms with van der Waals surface area (Å²) < 4.78 is 6.50. The zero-order valence-corrected chi connectivity index (χ0v) is 26.8. The lowest BCUT2D eigenvalue weighted by Crippen LogP contribution is -1.96. The molecule has 0 aliphatic rings. The first-order chi connectivity index (χ1) is 24.3. The van der Waals surface area contributed by atoms with Gasteiger partial charge in [-0.1, -0.05) is 152 Å². The van der Waals surface area contributed by atoms with Gasteiger partial charge >= 0.3 is 0 Å². The normalized spacial score (nSPS) is 12.2. The molecule has 0 spiro atoms. The fourth-order valence-corrected chi connectivity index (χ4v) is 6.11. The van der Waals surface area contributed by atoms with Crippen LogP contribution < -0.4 is 5.32 Å². The molecule has 8 rings (SSSR count). The third-order valence-corrected chi connectivity index (χ3v) is 8.66. The van der Waals surface area contributed by atoms with Crippen LogP contribution in [0.4, 0.5) is 11.4 Å². The maximum Gasteiger partial charge on any atom is 0.165 e. The Morgan fingerprint density at radius 3 is 1.76 bits per heavy atom. The Bertz CT molecular complexity index is 2380. The fourth-order valence-electron chi connectivity index (χ4n) is 6.11. The largest absolute Gasteiger partial charge is 0.454 e. The van der Waals surface area contributed by atoms with Crippen molar-refractivity contribution >= 4 is 45.7 Å². The summed E-state index contributed by atoms with van der Waals surface area (Å²) in [5, 5.41) is 5.89. The number of nitrogens with zero attached hydrogens (tertiary/aromatic N) is 2. The first kappa shape index (κ1) is 29.9. The standard InChI is InChI=1S/C45H33N3O/c1-4-12-32(13-5-1)30-46-45(37-16-8-3-9-17-37)47-31-33-20-26-38(27-21-33)48-43-39(28-29-41-40-18-10-11-19-42(40)49-44(41)43)36-24-22-35(23-25-36)34-14-6-2-7-15-34/h1-31,45,48H/b46-30+,47-31+. The van der Waals surface area contributed by atoms with E-state index in [0.29, 0.717) is 0 Å². The smallest absolute Gasteiger partial charge is 0.165 e. The first-order valence-corrected chi connectivity index (χ1v) is 16.4. The molecule has 0 fully saturated rings. The number of anilines is 2. The van der Waals surface area contributed by atoms with E-state index in [-0.39, 0.29) is 6.17 Å². The summed E-state index contributed by atoms with van der Waals surface area (Å²) in [7, 11) is 0. The molecule has 7 aromatic carbocycles. The van der Waals surface area contributed by atoms with Crippen molar-refractivity contribution in [2.24, 2.45) is 9.98 Å².